The number of fused-ring (bicyclic) bond motifs is 1. The Morgan fingerprint density at radius 3 is 2.58 bits per heavy atom. The van der Waals surface area contributed by atoms with Crippen LogP contribution in [-0.4, -0.2) is 50.3 Å². The molecule has 1 N–H and O–H groups in total. The van der Waals surface area contributed by atoms with Gasteiger partial charge >= 0.3 is 6.01 Å². The third-order valence-corrected chi connectivity index (χ3v) is 4.94. The van der Waals surface area contributed by atoms with Gasteiger partial charge in [-0.3, -0.25) is 4.57 Å². The average Bonchev–Trinajstić information content (AvgIpc) is 3.22. The molecule has 8 nitrogen and oxygen atoms in total. The average molecular weight is 427 g/mol. The number of benzene rings is 1. The smallest absolute Gasteiger partial charge is 0.319 e. The van der Waals surface area contributed by atoms with E-state index in [2.05, 4.69) is 19.9 Å². The van der Waals surface area contributed by atoms with Crippen LogP contribution in [0.25, 0.3) is 28.0 Å². The van der Waals surface area contributed by atoms with Crippen molar-refractivity contribution in [1.82, 2.24) is 24.5 Å². The van der Waals surface area contributed by atoms with Crippen molar-refractivity contribution in [2.75, 3.05) is 14.2 Å². The summed E-state index contributed by atoms with van der Waals surface area (Å²) in [6, 6.07) is 9.05. The largest absolute Gasteiger partial charge is 0.480 e. The second kappa shape index (κ2) is 7.88. The number of imidazole rings is 1. The molecule has 0 fully saturated rings. The first-order valence-electron chi connectivity index (χ1n) is 9.25. The van der Waals surface area contributed by atoms with Gasteiger partial charge < -0.3 is 14.6 Å². The lowest BCUT2D eigenvalue weighted by molar-refractivity contribution is -0.0884. The van der Waals surface area contributed by atoms with Gasteiger partial charge in [-0.05, 0) is 30.7 Å². The van der Waals surface area contributed by atoms with Crippen LogP contribution >= 0.6 is 0 Å². The number of pyridine rings is 1. The minimum atomic E-state index is -2.95. The summed E-state index contributed by atoms with van der Waals surface area (Å²) in [7, 11) is 2.98. The molecule has 0 saturated heterocycles. The third-order valence-electron chi connectivity index (χ3n) is 4.94. The molecule has 0 radical (unpaired) electrons. The summed E-state index contributed by atoms with van der Waals surface area (Å²) < 4.78 is 38.4. The van der Waals surface area contributed by atoms with Gasteiger partial charge in [0, 0.05) is 23.6 Å². The number of alkyl halides is 2. The maximum Gasteiger partial charge on any atom is 0.319 e. The van der Waals surface area contributed by atoms with E-state index in [0.717, 1.165) is 18.2 Å². The van der Waals surface area contributed by atoms with E-state index >= 15 is 0 Å². The van der Waals surface area contributed by atoms with E-state index in [1.54, 1.807) is 17.1 Å². The Morgan fingerprint density at radius 1 is 1.06 bits per heavy atom. The Hall–Kier alpha value is -3.66. The number of rotatable bonds is 6. The zero-order valence-electron chi connectivity index (χ0n) is 17.0. The molecule has 1 unspecified atom stereocenters. The van der Waals surface area contributed by atoms with Gasteiger partial charge in [0.2, 0.25) is 5.88 Å². The van der Waals surface area contributed by atoms with Crippen molar-refractivity contribution in [3.8, 4) is 28.7 Å². The molecule has 3 aromatic heterocycles. The van der Waals surface area contributed by atoms with E-state index < -0.39 is 12.0 Å². The van der Waals surface area contributed by atoms with Crippen LogP contribution in [-0.2, 0) is 5.60 Å². The van der Waals surface area contributed by atoms with Crippen molar-refractivity contribution in [2.45, 2.75) is 19.0 Å². The van der Waals surface area contributed by atoms with Crippen molar-refractivity contribution >= 4 is 11.2 Å². The third kappa shape index (κ3) is 3.66. The quantitative estimate of drug-likeness (QED) is 0.504. The molecule has 1 aromatic carbocycles. The lowest BCUT2D eigenvalue weighted by Crippen LogP contribution is -2.30. The van der Waals surface area contributed by atoms with Crippen LogP contribution in [0.2, 0.25) is 0 Å². The van der Waals surface area contributed by atoms with Crippen molar-refractivity contribution in [3.05, 3.63) is 54.6 Å². The van der Waals surface area contributed by atoms with Gasteiger partial charge in [0.15, 0.2) is 5.65 Å². The van der Waals surface area contributed by atoms with E-state index in [1.807, 2.05) is 24.3 Å². The number of hydrogen-bond acceptors (Lipinski definition) is 7. The predicted molar refractivity (Wildman–Crippen MR) is 109 cm³/mol. The molecular weight excluding hydrogens is 408 g/mol. The lowest BCUT2D eigenvalue weighted by Gasteiger charge is -2.22. The Labute approximate surface area is 176 Å². The molecule has 160 valence electrons. The minimum absolute atomic E-state index is 0.00545. The molecule has 0 saturated carbocycles. The van der Waals surface area contributed by atoms with Crippen LogP contribution in [0.15, 0.2) is 49.1 Å². The molecule has 0 amide bonds. The van der Waals surface area contributed by atoms with Gasteiger partial charge in [0.1, 0.15) is 17.4 Å². The minimum Gasteiger partial charge on any atom is -0.480 e. The predicted octanol–water partition coefficient (Wildman–Crippen LogP) is 3.37. The normalized spacial score (nSPS) is 13.4. The number of aliphatic hydroxyl groups is 1. The second-order valence-electron chi connectivity index (χ2n) is 6.96. The molecule has 3 heterocycles. The first-order valence-corrected chi connectivity index (χ1v) is 9.25. The zero-order chi connectivity index (χ0) is 22.2. The van der Waals surface area contributed by atoms with E-state index in [0.29, 0.717) is 22.6 Å². The second-order valence-corrected chi connectivity index (χ2v) is 6.96. The SMILES string of the molecule is COc1ncc(-c2cccc(-n3cnc4cc(C(C)(O)C(F)F)cnc43)c2)c(OC)n1. The fourth-order valence-electron chi connectivity index (χ4n) is 3.12. The van der Waals surface area contributed by atoms with Gasteiger partial charge in [-0.25, -0.2) is 23.7 Å². The lowest BCUT2D eigenvalue weighted by atomic mass is 9.98. The van der Waals surface area contributed by atoms with Crippen LogP contribution in [0, 0.1) is 0 Å². The number of methoxy groups -OCH3 is 2. The van der Waals surface area contributed by atoms with Crippen LogP contribution < -0.4 is 9.47 Å². The highest BCUT2D eigenvalue weighted by Gasteiger charge is 2.35. The summed E-state index contributed by atoms with van der Waals surface area (Å²) in [5, 5.41) is 10.0. The van der Waals surface area contributed by atoms with Crippen LogP contribution in [0.5, 0.6) is 11.9 Å². The monoisotopic (exact) mass is 427 g/mol. The summed E-state index contributed by atoms with van der Waals surface area (Å²) in [5.41, 5.74) is 0.718. The van der Waals surface area contributed by atoms with Crippen molar-refractivity contribution < 1.29 is 23.4 Å². The molecule has 1 atom stereocenters. The number of aromatic nitrogens is 5. The molecule has 4 rings (SSSR count). The van der Waals surface area contributed by atoms with E-state index in [1.165, 1.54) is 26.5 Å². The Morgan fingerprint density at radius 2 is 1.87 bits per heavy atom. The molecule has 4 aromatic rings. The first kappa shape index (κ1) is 20.6. The molecule has 31 heavy (non-hydrogen) atoms. The summed E-state index contributed by atoms with van der Waals surface area (Å²) in [5.74, 6) is 0.358. The summed E-state index contributed by atoms with van der Waals surface area (Å²) in [4.78, 5) is 16.9. The molecule has 0 aliphatic carbocycles. The van der Waals surface area contributed by atoms with Crippen LogP contribution in [0.4, 0.5) is 8.78 Å². The number of hydrogen-bond donors (Lipinski definition) is 1. The zero-order valence-corrected chi connectivity index (χ0v) is 17.0. The topological polar surface area (TPSA) is 95.2 Å². The van der Waals surface area contributed by atoms with Gasteiger partial charge in [-0.15, -0.1) is 0 Å². The van der Waals surface area contributed by atoms with Crippen molar-refractivity contribution in [2.24, 2.45) is 0 Å². The number of halogens is 2. The maximum absolute atomic E-state index is 13.2. The van der Waals surface area contributed by atoms with Gasteiger partial charge in [0.25, 0.3) is 6.43 Å². The fourth-order valence-corrected chi connectivity index (χ4v) is 3.12. The highest BCUT2D eigenvalue weighted by atomic mass is 19.3. The molecular formula is C21H19F2N5O3. The molecule has 0 aliphatic heterocycles. The summed E-state index contributed by atoms with van der Waals surface area (Å²) in [6.07, 6.45) is 1.43. The first-order chi connectivity index (χ1) is 14.8. The van der Waals surface area contributed by atoms with Crippen molar-refractivity contribution in [3.63, 3.8) is 0 Å². The molecule has 0 aliphatic rings. The molecule has 0 spiro atoms. The number of nitrogens with zero attached hydrogens (tertiary/aromatic N) is 5. The van der Waals surface area contributed by atoms with Gasteiger partial charge in [-0.2, -0.15) is 4.98 Å². The number of ether oxygens (including phenoxy) is 2. The standard InChI is InChI=1S/C21H19F2N5O3/c1-21(29,19(22)23)13-8-16-17(24-9-13)28(11-26-16)14-6-4-5-12(7-14)15-10-25-20(31-3)27-18(15)30-2/h4-11,19,29H,1-3H3. The highest BCUT2D eigenvalue weighted by molar-refractivity contribution is 5.75. The summed E-state index contributed by atoms with van der Waals surface area (Å²) in [6.45, 7) is 1.05. The van der Waals surface area contributed by atoms with Crippen LogP contribution in [0.1, 0.15) is 12.5 Å². The molecule has 0 bridgehead atoms. The Balaban J connectivity index is 1.77. The van der Waals surface area contributed by atoms with Crippen LogP contribution in [0.3, 0.4) is 0 Å². The van der Waals surface area contributed by atoms with E-state index in [9.17, 15) is 13.9 Å². The fraction of sp³-hybridized carbons (Fsp3) is 0.238. The summed E-state index contributed by atoms with van der Waals surface area (Å²) >= 11 is 0. The van der Waals surface area contributed by atoms with Gasteiger partial charge in [-0.1, -0.05) is 12.1 Å². The Kier molecular flexibility index (Phi) is 5.24. The molecule has 10 heteroatoms. The van der Waals surface area contributed by atoms with E-state index in [-0.39, 0.29) is 11.6 Å². The maximum atomic E-state index is 13.2. The Bertz CT molecular complexity index is 1240. The van der Waals surface area contributed by atoms with E-state index in [4.69, 9.17) is 9.47 Å². The van der Waals surface area contributed by atoms with Crippen molar-refractivity contribution in [1.29, 1.82) is 0 Å². The van der Waals surface area contributed by atoms with Gasteiger partial charge in [0.05, 0.1) is 19.8 Å². The highest BCUT2D eigenvalue weighted by Crippen LogP contribution is 2.32.